The van der Waals surface area contributed by atoms with E-state index in [0.29, 0.717) is 25.9 Å². The summed E-state index contributed by atoms with van der Waals surface area (Å²) in [5.41, 5.74) is 0.966. The molecule has 102 valence electrons. The van der Waals surface area contributed by atoms with Crippen LogP contribution in [0, 0.1) is 0 Å². The Balaban J connectivity index is 2.10. The monoisotopic (exact) mass is 262 g/mol. The number of hydrogen-bond acceptors (Lipinski definition) is 3. The quantitative estimate of drug-likeness (QED) is 0.578. The average Bonchev–Trinajstić information content (AvgIpc) is 2.41. The Morgan fingerprint density at radius 1 is 1.05 bits per heavy atom. The van der Waals surface area contributed by atoms with Gasteiger partial charge in [-0.1, -0.05) is 42.5 Å². The maximum atomic E-state index is 11.4. The van der Waals surface area contributed by atoms with Crippen molar-refractivity contribution in [2.24, 2.45) is 0 Å². The third-order valence-corrected chi connectivity index (χ3v) is 2.45. The Hall–Kier alpha value is -2.10. The van der Waals surface area contributed by atoms with Crippen molar-refractivity contribution in [1.82, 2.24) is 0 Å². The van der Waals surface area contributed by atoms with Gasteiger partial charge in [0.1, 0.15) is 6.61 Å². The van der Waals surface area contributed by atoms with Crippen LogP contribution in [0.5, 0.6) is 0 Å². The number of rotatable bonds is 8. The van der Waals surface area contributed by atoms with Gasteiger partial charge < -0.3 is 9.84 Å². The number of carboxylic acids is 1. The molecule has 0 atom stereocenters. The molecule has 0 aliphatic heterocycles. The van der Waals surface area contributed by atoms with E-state index in [-0.39, 0.29) is 12.4 Å². The van der Waals surface area contributed by atoms with Crippen LogP contribution in [0.3, 0.4) is 0 Å². The summed E-state index contributed by atoms with van der Waals surface area (Å²) in [4.78, 5) is 21.7. The molecular formula is C15H18O4. The summed E-state index contributed by atoms with van der Waals surface area (Å²) in [7, 11) is 0. The fourth-order valence-corrected chi connectivity index (χ4v) is 1.45. The van der Waals surface area contributed by atoms with Gasteiger partial charge in [0.25, 0.3) is 0 Å². The summed E-state index contributed by atoms with van der Waals surface area (Å²) in [5, 5.41) is 8.43. The van der Waals surface area contributed by atoms with E-state index in [9.17, 15) is 9.59 Å². The summed E-state index contributed by atoms with van der Waals surface area (Å²) in [6, 6.07) is 9.51. The maximum Gasteiger partial charge on any atom is 0.306 e. The van der Waals surface area contributed by atoms with Crippen LogP contribution in [0.1, 0.15) is 31.2 Å². The molecule has 0 fully saturated rings. The van der Waals surface area contributed by atoms with E-state index in [1.54, 1.807) is 6.08 Å². The summed E-state index contributed by atoms with van der Waals surface area (Å²) in [5.74, 6) is -1.06. The van der Waals surface area contributed by atoms with E-state index in [1.807, 2.05) is 36.4 Å². The highest BCUT2D eigenvalue weighted by Gasteiger charge is 2.01. The molecule has 0 bridgehead atoms. The van der Waals surface area contributed by atoms with Crippen molar-refractivity contribution in [1.29, 1.82) is 0 Å². The fraction of sp³-hybridized carbons (Fsp3) is 0.333. The number of aliphatic carboxylic acids is 1. The average molecular weight is 262 g/mol. The summed E-state index contributed by atoms with van der Waals surface area (Å²) in [6.07, 6.45) is 5.10. The van der Waals surface area contributed by atoms with Crippen molar-refractivity contribution in [3.63, 3.8) is 0 Å². The number of hydrogen-bond donors (Lipinski definition) is 1. The minimum atomic E-state index is -0.813. The van der Waals surface area contributed by atoms with Crippen molar-refractivity contribution in [2.45, 2.75) is 32.3 Å². The molecule has 1 aromatic rings. The molecule has 0 aliphatic rings. The van der Waals surface area contributed by atoms with Crippen LogP contribution in [-0.4, -0.2) is 17.0 Å². The number of esters is 1. The van der Waals surface area contributed by atoms with Gasteiger partial charge in [0.2, 0.25) is 0 Å². The second kappa shape index (κ2) is 8.91. The van der Waals surface area contributed by atoms with E-state index in [1.165, 1.54) is 0 Å². The lowest BCUT2D eigenvalue weighted by molar-refractivity contribution is -0.145. The van der Waals surface area contributed by atoms with Crippen LogP contribution in [0.2, 0.25) is 0 Å². The summed E-state index contributed by atoms with van der Waals surface area (Å²) >= 11 is 0. The molecule has 19 heavy (non-hydrogen) atoms. The zero-order valence-corrected chi connectivity index (χ0v) is 10.7. The van der Waals surface area contributed by atoms with Crippen LogP contribution in [0.4, 0.5) is 0 Å². The van der Waals surface area contributed by atoms with Gasteiger partial charge >= 0.3 is 11.9 Å². The largest absolute Gasteiger partial charge is 0.481 e. The summed E-state index contributed by atoms with van der Waals surface area (Å²) < 4.78 is 5.11. The molecule has 0 spiro atoms. The SMILES string of the molecule is O=C(O)CC/C=C\CCC(=O)OCc1ccccc1. The van der Waals surface area contributed by atoms with E-state index < -0.39 is 5.97 Å². The van der Waals surface area contributed by atoms with E-state index in [4.69, 9.17) is 9.84 Å². The minimum Gasteiger partial charge on any atom is -0.481 e. The Kier molecular flexibility index (Phi) is 7.02. The lowest BCUT2D eigenvalue weighted by Crippen LogP contribution is -2.03. The molecule has 0 heterocycles. The van der Waals surface area contributed by atoms with Crippen LogP contribution in [0.15, 0.2) is 42.5 Å². The Labute approximate surface area is 112 Å². The maximum absolute atomic E-state index is 11.4. The molecule has 4 heteroatoms. The van der Waals surface area contributed by atoms with Gasteiger partial charge in [0.05, 0.1) is 0 Å². The lowest BCUT2D eigenvalue weighted by atomic mass is 10.2. The van der Waals surface area contributed by atoms with Crippen LogP contribution in [-0.2, 0) is 20.9 Å². The third kappa shape index (κ3) is 7.76. The van der Waals surface area contributed by atoms with Crippen molar-refractivity contribution in [3.05, 3.63) is 48.0 Å². The first-order valence-corrected chi connectivity index (χ1v) is 6.25. The van der Waals surface area contributed by atoms with E-state index >= 15 is 0 Å². The van der Waals surface area contributed by atoms with E-state index in [0.717, 1.165) is 5.56 Å². The second-order valence-electron chi connectivity index (χ2n) is 4.09. The van der Waals surface area contributed by atoms with Gasteiger partial charge in [0, 0.05) is 12.8 Å². The first kappa shape index (κ1) is 15.0. The molecule has 1 rings (SSSR count). The number of ether oxygens (including phenoxy) is 1. The molecule has 0 amide bonds. The Morgan fingerprint density at radius 2 is 1.68 bits per heavy atom. The van der Waals surface area contributed by atoms with Gasteiger partial charge in [0.15, 0.2) is 0 Å². The Bertz CT molecular complexity index is 423. The van der Waals surface area contributed by atoms with Crippen LogP contribution >= 0.6 is 0 Å². The topological polar surface area (TPSA) is 63.6 Å². The highest BCUT2D eigenvalue weighted by atomic mass is 16.5. The van der Waals surface area contributed by atoms with Crippen molar-refractivity contribution < 1.29 is 19.4 Å². The van der Waals surface area contributed by atoms with Gasteiger partial charge in [-0.3, -0.25) is 9.59 Å². The normalized spacial score (nSPS) is 10.5. The van der Waals surface area contributed by atoms with Crippen LogP contribution in [0.25, 0.3) is 0 Å². The van der Waals surface area contributed by atoms with E-state index in [2.05, 4.69) is 0 Å². The fourth-order valence-electron chi connectivity index (χ4n) is 1.45. The number of carbonyl (C=O) groups is 2. The molecule has 0 radical (unpaired) electrons. The first-order chi connectivity index (χ1) is 9.18. The third-order valence-electron chi connectivity index (χ3n) is 2.45. The molecule has 1 aromatic carbocycles. The molecule has 0 unspecified atom stereocenters. The molecule has 0 aromatic heterocycles. The van der Waals surface area contributed by atoms with Crippen molar-refractivity contribution >= 4 is 11.9 Å². The van der Waals surface area contributed by atoms with Gasteiger partial charge in [-0.25, -0.2) is 0 Å². The number of carboxylic acid groups (broad SMARTS) is 1. The predicted molar refractivity (Wildman–Crippen MR) is 71.5 cm³/mol. The summed E-state index contributed by atoms with van der Waals surface area (Å²) in [6.45, 7) is 0.294. The first-order valence-electron chi connectivity index (χ1n) is 6.25. The molecule has 0 saturated carbocycles. The van der Waals surface area contributed by atoms with Crippen LogP contribution < -0.4 is 0 Å². The number of carbonyl (C=O) groups excluding carboxylic acids is 1. The van der Waals surface area contributed by atoms with Gasteiger partial charge in [-0.15, -0.1) is 0 Å². The molecule has 4 nitrogen and oxygen atoms in total. The zero-order chi connectivity index (χ0) is 13.9. The zero-order valence-electron chi connectivity index (χ0n) is 10.7. The molecule has 1 N–H and O–H groups in total. The smallest absolute Gasteiger partial charge is 0.306 e. The second-order valence-corrected chi connectivity index (χ2v) is 4.09. The minimum absolute atomic E-state index is 0.120. The molecular weight excluding hydrogens is 244 g/mol. The molecule has 0 saturated heterocycles. The van der Waals surface area contributed by atoms with Crippen molar-refractivity contribution in [2.75, 3.05) is 0 Å². The standard InChI is InChI=1S/C15H18O4/c16-14(17)10-6-1-2-7-11-15(18)19-12-13-8-4-3-5-9-13/h1-5,8-9H,6-7,10-12H2,(H,16,17)/b2-1-. The van der Waals surface area contributed by atoms with Gasteiger partial charge in [-0.05, 0) is 18.4 Å². The predicted octanol–water partition coefficient (Wildman–Crippen LogP) is 2.93. The van der Waals surface area contributed by atoms with Crippen molar-refractivity contribution in [3.8, 4) is 0 Å². The molecule has 0 aliphatic carbocycles. The lowest BCUT2D eigenvalue weighted by Gasteiger charge is -2.03. The Morgan fingerprint density at radius 3 is 2.32 bits per heavy atom. The highest BCUT2D eigenvalue weighted by Crippen LogP contribution is 2.03. The van der Waals surface area contributed by atoms with Gasteiger partial charge in [-0.2, -0.15) is 0 Å². The highest BCUT2D eigenvalue weighted by molar-refractivity contribution is 5.69. The number of benzene rings is 1. The number of allylic oxidation sites excluding steroid dienone is 2.